The van der Waals surface area contributed by atoms with Crippen molar-refractivity contribution in [1.29, 1.82) is 0 Å². The van der Waals surface area contributed by atoms with Crippen LogP contribution < -0.4 is 15.4 Å². The number of rotatable bonds is 10. The van der Waals surface area contributed by atoms with E-state index in [0.717, 1.165) is 49.7 Å². The molecule has 0 aromatic heterocycles. The molecule has 1 aliphatic heterocycles. The third-order valence-electron chi connectivity index (χ3n) is 5.63. The molecule has 1 unspecified atom stereocenters. The Kier molecular flexibility index (Phi) is 11.0. The van der Waals surface area contributed by atoms with Crippen molar-refractivity contribution < 1.29 is 4.74 Å². The molecule has 1 aromatic rings. The monoisotopic (exact) mass is 417 g/mol. The van der Waals surface area contributed by atoms with Crippen molar-refractivity contribution in [2.75, 3.05) is 52.9 Å². The van der Waals surface area contributed by atoms with Crippen molar-refractivity contribution in [3.05, 3.63) is 29.3 Å². The lowest BCUT2D eigenvalue weighted by molar-refractivity contribution is 0.215. The maximum atomic E-state index is 6.13. The SMILES string of the molecule is CCNC(=NCc1ccc(C)cc1OC(C)CC)NCCCN1CCCN(C)CC1. The molecule has 0 amide bonds. The maximum absolute atomic E-state index is 6.13. The van der Waals surface area contributed by atoms with Gasteiger partial charge in [-0.25, -0.2) is 4.99 Å². The summed E-state index contributed by atoms with van der Waals surface area (Å²) in [5.41, 5.74) is 2.34. The number of hydrogen-bond acceptors (Lipinski definition) is 4. The smallest absolute Gasteiger partial charge is 0.191 e. The Labute approximate surface area is 184 Å². The van der Waals surface area contributed by atoms with E-state index in [9.17, 15) is 0 Å². The molecule has 1 saturated heterocycles. The molecule has 6 nitrogen and oxygen atoms in total. The Morgan fingerprint density at radius 3 is 2.77 bits per heavy atom. The fraction of sp³-hybridized carbons (Fsp3) is 0.708. The molecule has 6 heteroatoms. The molecule has 0 spiro atoms. The van der Waals surface area contributed by atoms with E-state index in [0.29, 0.717) is 6.54 Å². The van der Waals surface area contributed by atoms with Crippen LogP contribution in [0.15, 0.2) is 23.2 Å². The van der Waals surface area contributed by atoms with Gasteiger partial charge in [0.1, 0.15) is 5.75 Å². The molecule has 0 saturated carbocycles. The minimum Gasteiger partial charge on any atom is -0.490 e. The van der Waals surface area contributed by atoms with Crippen LogP contribution in [0.5, 0.6) is 5.75 Å². The van der Waals surface area contributed by atoms with Crippen molar-refractivity contribution in [3.63, 3.8) is 0 Å². The first-order valence-electron chi connectivity index (χ1n) is 11.7. The van der Waals surface area contributed by atoms with Gasteiger partial charge in [0, 0.05) is 31.7 Å². The van der Waals surface area contributed by atoms with Gasteiger partial charge in [-0.2, -0.15) is 0 Å². The minimum absolute atomic E-state index is 0.208. The van der Waals surface area contributed by atoms with Crippen LogP contribution in [0.25, 0.3) is 0 Å². The van der Waals surface area contributed by atoms with Crippen molar-refractivity contribution in [1.82, 2.24) is 20.4 Å². The van der Waals surface area contributed by atoms with E-state index < -0.39 is 0 Å². The third-order valence-corrected chi connectivity index (χ3v) is 5.63. The van der Waals surface area contributed by atoms with E-state index in [1.807, 2.05) is 0 Å². The Morgan fingerprint density at radius 1 is 1.17 bits per heavy atom. The summed E-state index contributed by atoms with van der Waals surface area (Å²) in [5, 5.41) is 6.87. The van der Waals surface area contributed by atoms with E-state index in [-0.39, 0.29) is 6.10 Å². The summed E-state index contributed by atoms with van der Waals surface area (Å²) in [6.07, 6.45) is 3.60. The number of hydrogen-bond donors (Lipinski definition) is 2. The summed E-state index contributed by atoms with van der Waals surface area (Å²) in [6, 6.07) is 6.39. The van der Waals surface area contributed by atoms with Crippen LogP contribution in [0.1, 0.15) is 51.2 Å². The standard InChI is InChI=1S/C24H43N5O/c1-6-21(4)30-23-18-20(3)10-11-22(23)19-27-24(25-7-2)26-12-8-14-29-15-9-13-28(5)16-17-29/h10-11,18,21H,6-9,12-17,19H2,1-5H3,(H2,25,26,27). The number of nitrogens with zero attached hydrogens (tertiary/aromatic N) is 3. The highest BCUT2D eigenvalue weighted by molar-refractivity contribution is 5.79. The first-order chi connectivity index (χ1) is 14.5. The van der Waals surface area contributed by atoms with Gasteiger partial charge in [0.2, 0.25) is 0 Å². The van der Waals surface area contributed by atoms with Gasteiger partial charge in [0.25, 0.3) is 0 Å². The van der Waals surface area contributed by atoms with E-state index >= 15 is 0 Å². The first kappa shape index (κ1) is 24.5. The second kappa shape index (κ2) is 13.5. The Bertz CT molecular complexity index is 648. The average molecular weight is 418 g/mol. The summed E-state index contributed by atoms with van der Waals surface area (Å²) >= 11 is 0. The zero-order valence-electron chi connectivity index (χ0n) is 19.8. The number of aryl methyl sites for hydroxylation is 1. The zero-order chi connectivity index (χ0) is 21.8. The second-order valence-electron chi connectivity index (χ2n) is 8.42. The van der Waals surface area contributed by atoms with Crippen LogP contribution in [-0.2, 0) is 6.54 Å². The van der Waals surface area contributed by atoms with Gasteiger partial charge >= 0.3 is 0 Å². The molecule has 1 heterocycles. The quantitative estimate of drug-likeness (QED) is 0.348. The van der Waals surface area contributed by atoms with Gasteiger partial charge in [0.15, 0.2) is 5.96 Å². The van der Waals surface area contributed by atoms with Crippen molar-refractivity contribution >= 4 is 5.96 Å². The van der Waals surface area contributed by atoms with Gasteiger partial charge in [-0.15, -0.1) is 0 Å². The lowest BCUT2D eigenvalue weighted by Crippen LogP contribution is -2.39. The third kappa shape index (κ3) is 8.92. The topological polar surface area (TPSA) is 52.1 Å². The first-order valence-corrected chi connectivity index (χ1v) is 11.7. The van der Waals surface area contributed by atoms with Crippen LogP contribution in [0.2, 0.25) is 0 Å². The molecule has 0 radical (unpaired) electrons. The van der Waals surface area contributed by atoms with Crippen LogP contribution in [0, 0.1) is 6.92 Å². The second-order valence-corrected chi connectivity index (χ2v) is 8.42. The van der Waals surface area contributed by atoms with E-state index in [1.54, 1.807) is 0 Å². The summed E-state index contributed by atoms with van der Waals surface area (Å²) in [4.78, 5) is 9.82. The molecule has 1 aromatic carbocycles. The normalized spacial score (nSPS) is 17.4. The molecule has 1 fully saturated rings. The summed E-state index contributed by atoms with van der Waals surface area (Å²) in [5.74, 6) is 1.83. The number of likely N-dealkylation sites (N-methyl/N-ethyl adjacent to an activating group) is 1. The molecule has 170 valence electrons. The highest BCUT2D eigenvalue weighted by Crippen LogP contribution is 2.23. The Hall–Kier alpha value is -1.79. The van der Waals surface area contributed by atoms with Crippen LogP contribution in [0.4, 0.5) is 0 Å². The minimum atomic E-state index is 0.208. The highest BCUT2D eigenvalue weighted by Gasteiger charge is 2.11. The number of aliphatic imine (C=N–C) groups is 1. The molecule has 2 N–H and O–H groups in total. The van der Waals surface area contributed by atoms with E-state index in [4.69, 9.17) is 9.73 Å². The van der Waals surface area contributed by atoms with Gasteiger partial charge < -0.3 is 25.2 Å². The van der Waals surface area contributed by atoms with Gasteiger partial charge in [-0.3, -0.25) is 0 Å². The van der Waals surface area contributed by atoms with Crippen LogP contribution in [0.3, 0.4) is 0 Å². The largest absolute Gasteiger partial charge is 0.490 e. The summed E-state index contributed by atoms with van der Waals surface area (Å²) < 4.78 is 6.13. The summed E-state index contributed by atoms with van der Waals surface area (Å²) in [6.45, 7) is 16.8. The molecular formula is C24H43N5O. The van der Waals surface area contributed by atoms with Gasteiger partial charge in [0.05, 0.1) is 12.6 Å². The Balaban J connectivity index is 1.86. The summed E-state index contributed by atoms with van der Waals surface area (Å²) in [7, 11) is 2.22. The number of ether oxygens (including phenoxy) is 1. The van der Waals surface area contributed by atoms with Crippen LogP contribution >= 0.6 is 0 Å². The highest BCUT2D eigenvalue weighted by atomic mass is 16.5. The van der Waals surface area contributed by atoms with Crippen molar-refractivity contribution in [3.8, 4) is 5.75 Å². The molecule has 2 rings (SSSR count). The lowest BCUT2D eigenvalue weighted by atomic mass is 10.1. The van der Waals surface area contributed by atoms with Crippen LogP contribution in [-0.4, -0.2) is 74.7 Å². The lowest BCUT2D eigenvalue weighted by Gasteiger charge is -2.20. The number of nitrogens with one attached hydrogen (secondary N) is 2. The molecule has 1 aliphatic rings. The Morgan fingerprint density at radius 2 is 2.00 bits per heavy atom. The maximum Gasteiger partial charge on any atom is 0.191 e. The predicted octanol–water partition coefficient (Wildman–Crippen LogP) is 3.26. The molecule has 0 bridgehead atoms. The van der Waals surface area contributed by atoms with Gasteiger partial charge in [-0.05, 0) is 78.3 Å². The fourth-order valence-electron chi connectivity index (χ4n) is 3.54. The molecular weight excluding hydrogens is 374 g/mol. The average Bonchev–Trinajstić information content (AvgIpc) is 2.94. The van der Waals surface area contributed by atoms with Crippen molar-refractivity contribution in [2.45, 2.75) is 59.6 Å². The molecule has 0 aliphatic carbocycles. The van der Waals surface area contributed by atoms with E-state index in [2.05, 4.69) is 73.4 Å². The number of guanidine groups is 1. The fourth-order valence-corrected chi connectivity index (χ4v) is 3.54. The molecule has 30 heavy (non-hydrogen) atoms. The molecule has 1 atom stereocenters. The predicted molar refractivity (Wildman–Crippen MR) is 128 cm³/mol. The van der Waals surface area contributed by atoms with E-state index in [1.165, 1.54) is 38.2 Å². The zero-order valence-corrected chi connectivity index (χ0v) is 19.8. The number of benzene rings is 1. The van der Waals surface area contributed by atoms with Gasteiger partial charge in [-0.1, -0.05) is 19.1 Å². The van der Waals surface area contributed by atoms with Crippen molar-refractivity contribution in [2.24, 2.45) is 4.99 Å².